The average Bonchev–Trinajstić information content (AvgIpc) is 3.10. The van der Waals surface area contributed by atoms with Gasteiger partial charge in [0.2, 0.25) is 0 Å². The van der Waals surface area contributed by atoms with Crippen molar-refractivity contribution in [1.82, 2.24) is 0 Å². The molecule has 48 heavy (non-hydrogen) atoms. The van der Waals surface area contributed by atoms with Gasteiger partial charge in [-0.25, -0.2) is 0 Å². The van der Waals surface area contributed by atoms with Crippen LogP contribution in [0.1, 0.15) is 72.9 Å². The summed E-state index contributed by atoms with van der Waals surface area (Å²) in [4.78, 5) is 0. The lowest BCUT2D eigenvalue weighted by Crippen LogP contribution is -2.14. The van der Waals surface area contributed by atoms with Crippen molar-refractivity contribution in [2.24, 2.45) is 0 Å². The third-order valence-electron chi connectivity index (χ3n) is 9.55. The number of aryl methyl sites for hydroxylation is 4. The zero-order valence-corrected chi connectivity index (χ0v) is 29.6. The minimum Gasteiger partial charge on any atom is -0.493 e. The molecule has 0 amide bonds. The Hall–Kier alpha value is -4.00. The van der Waals surface area contributed by atoms with E-state index in [0.29, 0.717) is 13.2 Å². The number of hydrogen-bond acceptors (Lipinski definition) is 6. The Kier molecular flexibility index (Phi) is 10.9. The molecule has 2 aliphatic carbocycles. The highest BCUT2D eigenvalue weighted by Crippen LogP contribution is 2.54. The van der Waals surface area contributed by atoms with Crippen molar-refractivity contribution in [1.29, 1.82) is 0 Å². The van der Waals surface area contributed by atoms with E-state index < -0.39 is 0 Å². The first-order valence-corrected chi connectivity index (χ1v) is 17.6. The molecule has 6 heteroatoms. The maximum absolute atomic E-state index is 6.75. The van der Waals surface area contributed by atoms with Crippen LogP contribution in [0.15, 0.2) is 48.5 Å². The lowest BCUT2D eigenvalue weighted by molar-refractivity contribution is 0.0503. The van der Waals surface area contributed by atoms with E-state index in [0.717, 1.165) is 119 Å². The van der Waals surface area contributed by atoms with E-state index in [1.54, 1.807) is 14.2 Å². The molecule has 0 unspecified atom stereocenters. The fourth-order valence-corrected chi connectivity index (χ4v) is 7.51. The van der Waals surface area contributed by atoms with Gasteiger partial charge in [0.1, 0.15) is 23.0 Å². The Morgan fingerprint density at radius 1 is 0.500 bits per heavy atom. The summed E-state index contributed by atoms with van der Waals surface area (Å²) < 4.78 is 37.2. The number of ether oxygens (including phenoxy) is 6. The second-order valence-electron chi connectivity index (χ2n) is 12.9. The van der Waals surface area contributed by atoms with Crippen LogP contribution in [0.25, 0.3) is 33.4 Å². The first-order chi connectivity index (χ1) is 23.5. The Bertz CT molecular complexity index is 1630. The van der Waals surface area contributed by atoms with Gasteiger partial charge in [0, 0.05) is 47.6 Å². The molecule has 0 aromatic heterocycles. The largest absolute Gasteiger partial charge is 0.493 e. The first-order valence-electron chi connectivity index (χ1n) is 17.6. The summed E-state index contributed by atoms with van der Waals surface area (Å²) in [7, 11) is 3.36. The van der Waals surface area contributed by atoms with Gasteiger partial charge in [-0.15, -0.1) is 0 Å². The average molecular weight is 651 g/mol. The maximum atomic E-state index is 6.75. The maximum Gasteiger partial charge on any atom is 0.188 e. The van der Waals surface area contributed by atoms with Crippen LogP contribution in [0.5, 0.6) is 23.0 Å². The van der Waals surface area contributed by atoms with Gasteiger partial charge < -0.3 is 28.4 Å². The Morgan fingerprint density at radius 2 is 0.917 bits per heavy atom. The molecule has 0 saturated heterocycles. The van der Waals surface area contributed by atoms with Gasteiger partial charge in [-0.1, -0.05) is 23.3 Å². The highest BCUT2D eigenvalue weighted by molar-refractivity contribution is 5.95. The second kappa shape index (κ2) is 15.5. The van der Waals surface area contributed by atoms with Crippen molar-refractivity contribution < 1.29 is 28.4 Å². The van der Waals surface area contributed by atoms with Crippen LogP contribution in [-0.4, -0.2) is 41.0 Å². The normalized spacial score (nSPS) is 13.9. The summed E-state index contributed by atoms with van der Waals surface area (Å²) in [6.45, 7) is 9.71. The summed E-state index contributed by atoms with van der Waals surface area (Å²) in [5, 5.41) is 0. The lowest BCUT2D eigenvalue weighted by atomic mass is 9.77. The van der Waals surface area contributed by atoms with Gasteiger partial charge in [0.15, 0.2) is 13.6 Å². The minimum atomic E-state index is 0.122. The molecule has 0 atom stereocenters. The fraction of sp³-hybridized carbons (Fsp3) is 0.429. The molecule has 0 heterocycles. The summed E-state index contributed by atoms with van der Waals surface area (Å²) in [5.74, 6) is 3.32. The van der Waals surface area contributed by atoms with Gasteiger partial charge >= 0.3 is 0 Å². The first kappa shape index (κ1) is 33.9. The zero-order valence-electron chi connectivity index (χ0n) is 29.6. The van der Waals surface area contributed by atoms with Crippen LogP contribution >= 0.6 is 0 Å². The minimum absolute atomic E-state index is 0.122. The molecule has 254 valence electrons. The lowest BCUT2D eigenvalue weighted by Gasteiger charge is -2.31. The van der Waals surface area contributed by atoms with Crippen molar-refractivity contribution in [3.05, 3.63) is 81.9 Å². The van der Waals surface area contributed by atoms with Gasteiger partial charge in [0.25, 0.3) is 0 Å². The standard InChI is InChI=1S/C42H50O6/c1-7-45-37-19-17-27(3)21-33(37)35-23-29-13-9-11-15-31(29)39(41(35)47-25-43-5)40-32-16-12-10-14-30(32)24-36(42(40)48-26-44-6)34-22-28(4)18-20-38(34)46-8-2/h17-24H,7-16,25-26H2,1-6H3. The summed E-state index contributed by atoms with van der Waals surface area (Å²) in [6.07, 6.45) is 8.53. The highest BCUT2D eigenvalue weighted by Gasteiger charge is 2.32. The molecule has 4 aromatic rings. The molecule has 0 bridgehead atoms. The predicted octanol–water partition coefficient (Wildman–Crippen LogP) is 9.82. The van der Waals surface area contributed by atoms with Crippen LogP contribution in [0.2, 0.25) is 0 Å². The molecule has 0 aliphatic heterocycles. The van der Waals surface area contributed by atoms with Crippen LogP contribution < -0.4 is 18.9 Å². The van der Waals surface area contributed by atoms with Gasteiger partial charge in [-0.05, 0) is 138 Å². The van der Waals surface area contributed by atoms with E-state index in [1.807, 2.05) is 13.8 Å². The number of rotatable bonds is 13. The van der Waals surface area contributed by atoms with E-state index in [9.17, 15) is 0 Å². The van der Waals surface area contributed by atoms with Crippen molar-refractivity contribution in [3.8, 4) is 56.4 Å². The molecule has 2 aliphatic rings. The Morgan fingerprint density at radius 3 is 1.31 bits per heavy atom. The van der Waals surface area contributed by atoms with E-state index >= 15 is 0 Å². The Balaban J connectivity index is 1.77. The molecule has 6 nitrogen and oxygen atoms in total. The van der Waals surface area contributed by atoms with E-state index in [2.05, 4.69) is 62.4 Å². The highest BCUT2D eigenvalue weighted by atomic mass is 16.7. The van der Waals surface area contributed by atoms with Gasteiger partial charge in [-0.2, -0.15) is 0 Å². The third-order valence-corrected chi connectivity index (χ3v) is 9.55. The van der Waals surface area contributed by atoms with Crippen LogP contribution in [-0.2, 0) is 35.2 Å². The molecular weight excluding hydrogens is 600 g/mol. The monoisotopic (exact) mass is 650 g/mol. The van der Waals surface area contributed by atoms with Gasteiger partial charge in [0.05, 0.1) is 13.2 Å². The van der Waals surface area contributed by atoms with Crippen LogP contribution in [0.3, 0.4) is 0 Å². The topological polar surface area (TPSA) is 55.4 Å². The van der Waals surface area contributed by atoms with E-state index in [-0.39, 0.29) is 13.6 Å². The Labute approximate surface area is 286 Å². The predicted molar refractivity (Wildman–Crippen MR) is 193 cm³/mol. The zero-order chi connectivity index (χ0) is 33.6. The second-order valence-corrected chi connectivity index (χ2v) is 12.9. The van der Waals surface area contributed by atoms with Crippen LogP contribution in [0, 0.1) is 13.8 Å². The molecule has 0 fully saturated rings. The van der Waals surface area contributed by atoms with Gasteiger partial charge in [-0.3, -0.25) is 0 Å². The van der Waals surface area contributed by atoms with Crippen LogP contribution in [0.4, 0.5) is 0 Å². The molecule has 6 rings (SSSR count). The molecule has 0 N–H and O–H groups in total. The molecular formula is C42H50O6. The van der Waals surface area contributed by atoms with Crippen molar-refractivity contribution in [2.75, 3.05) is 41.0 Å². The quantitative estimate of drug-likeness (QED) is 0.134. The number of fused-ring (bicyclic) bond motifs is 2. The summed E-state index contributed by atoms with van der Waals surface area (Å²) in [6, 6.07) is 17.5. The summed E-state index contributed by atoms with van der Waals surface area (Å²) in [5.41, 5.74) is 14.0. The summed E-state index contributed by atoms with van der Waals surface area (Å²) >= 11 is 0. The van der Waals surface area contributed by atoms with Crippen molar-refractivity contribution in [2.45, 2.75) is 79.1 Å². The number of hydrogen-bond donors (Lipinski definition) is 0. The van der Waals surface area contributed by atoms with Crippen molar-refractivity contribution in [3.63, 3.8) is 0 Å². The molecule has 0 spiro atoms. The molecule has 0 radical (unpaired) electrons. The van der Waals surface area contributed by atoms with Crippen molar-refractivity contribution >= 4 is 0 Å². The van der Waals surface area contributed by atoms with E-state index in [4.69, 9.17) is 28.4 Å². The molecule has 0 saturated carbocycles. The smallest absolute Gasteiger partial charge is 0.188 e. The molecule has 4 aromatic carbocycles. The third kappa shape index (κ3) is 6.79. The SMILES string of the molecule is CCOc1ccc(C)cc1-c1cc2c(c(-c3c4c(cc(-c5cc(C)ccc5OCC)c3OCOC)CCCC4)c1OCOC)CCCC2. The van der Waals surface area contributed by atoms with E-state index in [1.165, 1.54) is 22.3 Å². The number of benzene rings is 4. The number of methoxy groups -OCH3 is 2. The fourth-order valence-electron chi connectivity index (χ4n) is 7.51.